The quantitative estimate of drug-likeness (QED) is 0.812. The van der Waals surface area contributed by atoms with E-state index in [-0.39, 0.29) is 6.09 Å². The molecule has 1 N–H and O–H groups in total. The van der Waals surface area contributed by atoms with Crippen molar-refractivity contribution in [3.63, 3.8) is 0 Å². The average molecular weight is 384 g/mol. The van der Waals surface area contributed by atoms with Crippen LogP contribution in [0.3, 0.4) is 0 Å². The molecule has 1 aliphatic rings. The highest BCUT2D eigenvalue weighted by molar-refractivity contribution is 5.90. The van der Waals surface area contributed by atoms with Crippen molar-refractivity contribution in [3.05, 3.63) is 47.4 Å². The van der Waals surface area contributed by atoms with Crippen LogP contribution in [0.1, 0.15) is 42.4 Å². The van der Waals surface area contributed by atoms with Gasteiger partial charge in [0.25, 0.3) is 0 Å². The maximum atomic E-state index is 12.3. The fourth-order valence-electron chi connectivity index (χ4n) is 2.92. The molecule has 1 aliphatic heterocycles. The highest BCUT2D eigenvalue weighted by atomic mass is 16.6. The van der Waals surface area contributed by atoms with Gasteiger partial charge in [0.1, 0.15) is 17.7 Å². The second-order valence-electron chi connectivity index (χ2n) is 7.50. The van der Waals surface area contributed by atoms with Gasteiger partial charge in [0.2, 0.25) is 0 Å². The van der Waals surface area contributed by atoms with Crippen molar-refractivity contribution >= 4 is 23.6 Å². The highest BCUT2D eigenvalue weighted by Crippen LogP contribution is 2.26. The van der Waals surface area contributed by atoms with E-state index >= 15 is 0 Å². The third kappa shape index (κ3) is 4.57. The van der Waals surface area contributed by atoms with E-state index in [1.54, 1.807) is 23.1 Å². The molecule has 0 saturated heterocycles. The molecule has 0 spiro atoms. The third-order valence-corrected chi connectivity index (χ3v) is 4.21. The predicted octanol–water partition coefficient (Wildman–Crippen LogP) is 3.30. The number of hydrogen-bond donors (Lipinski definition) is 1. The number of carbonyl (C=O) groups excluding carboxylic acids is 2. The smallest absolute Gasteiger partial charge is 0.410 e. The van der Waals surface area contributed by atoms with Gasteiger partial charge < -0.3 is 19.7 Å². The highest BCUT2D eigenvalue weighted by Gasteiger charge is 2.28. The standard InChI is InChI=1S/C20H24N4O4/c1-20(2,3)28-19(26)24-9-8-15-16(11-24)21-12-22-17(15)23-14-7-5-6-13(10-14)18(25)27-4/h5-7,10,12H,8-9,11H2,1-4H3,(H,21,22,23). The zero-order valence-corrected chi connectivity index (χ0v) is 16.5. The number of methoxy groups -OCH3 is 1. The molecule has 1 aromatic carbocycles. The van der Waals surface area contributed by atoms with Crippen LogP contribution in [0.25, 0.3) is 0 Å². The van der Waals surface area contributed by atoms with Gasteiger partial charge in [-0.3, -0.25) is 0 Å². The Balaban J connectivity index is 1.78. The lowest BCUT2D eigenvalue weighted by atomic mass is 10.1. The van der Waals surface area contributed by atoms with Crippen LogP contribution in [-0.2, 0) is 22.4 Å². The average Bonchev–Trinajstić information content (AvgIpc) is 2.66. The lowest BCUT2D eigenvalue weighted by Gasteiger charge is -2.31. The van der Waals surface area contributed by atoms with Crippen LogP contribution in [0.5, 0.6) is 0 Å². The summed E-state index contributed by atoms with van der Waals surface area (Å²) in [5.41, 5.74) is 2.36. The molecule has 148 valence electrons. The number of rotatable bonds is 3. The van der Waals surface area contributed by atoms with Gasteiger partial charge in [-0.25, -0.2) is 19.6 Å². The van der Waals surface area contributed by atoms with Crippen LogP contribution >= 0.6 is 0 Å². The van der Waals surface area contributed by atoms with Crippen molar-refractivity contribution in [2.75, 3.05) is 19.0 Å². The lowest BCUT2D eigenvalue weighted by molar-refractivity contribution is 0.0220. The summed E-state index contributed by atoms with van der Waals surface area (Å²) < 4.78 is 10.2. The van der Waals surface area contributed by atoms with Crippen LogP contribution in [0.4, 0.5) is 16.3 Å². The number of hydrogen-bond acceptors (Lipinski definition) is 7. The summed E-state index contributed by atoms with van der Waals surface area (Å²) in [5, 5.41) is 3.24. The largest absolute Gasteiger partial charge is 0.465 e. The van der Waals surface area contributed by atoms with Crippen LogP contribution in [-0.4, -0.2) is 46.2 Å². The van der Waals surface area contributed by atoms with E-state index in [4.69, 9.17) is 9.47 Å². The minimum absolute atomic E-state index is 0.350. The fraction of sp³-hybridized carbons (Fsp3) is 0.400. The van der Waals surface area contributed by atoms with Crippen molar-refractivity contribution < 1.29 is 19.1 Å². The van der Waals surface area contributed by atoms with Crippen LogP contribution in [0, 0.1) is 0 Å². The van der Waals surface area contributed by atoms with Crippen molar-refractivity contribution in [3.8, 4) is 0 Å². The van der Waals surface area contributed by atoms with Gasteiger partial charge in [-0.15, -0.1) is 0 Å². The maximum Gasteiger partial charge on any atom is 0.410 e. The summed E-state index contributed by atoms with van der Waals surface area (Å²) in [6, 6.07) is 7.00. The Morgan fingerprint density at radius 2 is 2.00 bits per heavy atom. The molecule has 8 heteroatoms. The van der Waals surface area contributed by atoms with Crippen LogP contribution < -0.4 is 5.32 Å². The normalized spacial score (nSPS) is 13.5. The second kappa shape index (κ2) is 7.84. The first-order chi connectivity index (χ1) is 13.3. The Morgan fingerprint density at radius 1 is 1.21 bits per heavy atom. The number of nitrogens with zero attached hydrogens (tertiary/aromatic N) is 3. The van der Waals surface area contributed by atoms with E-state index in [1.165, 1.54) is 13.4 Å². The zero-order valence-electron chi connectivity index (χ0n) is 16.5. The first kappa shape index (κ1) is 19.6. The molecule has 0 fully saturated rings. The molecule has 0 unspecified atom stereocenters. The number of aromatic nitrogens is 2. The molecular formula is C20H24N4O4. The first-order valence-corrected chi connectivity index (χ1v) is 9.03. The Labute approximate surface area is 163 Å². The summed E-state index contributed by atoms with van der Waals surface area (Å²) in [6.45, 7) is 6.41. The summed E-state index contributed by atoms with van der Waals surface area (Å²) >= 11 is 0. The zero-order chi connectivity index (χ0) is 20.3. The molecule has 2 heterocycles. The Morgan fingerprint density at radius 3 is 2.71 bits per heavy atom. The summed E-state index contributed by atoms with van der Waals surface area (Å²) in [5.74, 6) is 0.261. The van der Waals surface area contributed by atoms with E-state index < -0.39 is 11.6 Å². The van der Waals surface area contributed by atoms with Gasteiger partial charge >= 0.3 is 12.1 Å². The molecule has 2 aromatic rings. The molecule has 3 rings (SSSR count). The number of anilines is 2. The minimum atomic E-state index is -0.541. The van der Waals surface area contributed by atoms with E-state index in [0.29, 0.717) is 30.9 Å². The van der Waals surface area contributed by atoms with Crippen LogP contribution in [0.15, 0.2) is 30.6 Å². The monoisotopic (exact) mass is 384 g/mol. The second-order valence-corrected chi connectivity index (χ2v) is 7.50. The third-order valence-electron chi connectivity index (χ3n) is 4.21. The molecule has 0 aliphatic carbocycles. The van der Waals surface area contributed by atoms with Gasteiger partial charge in [0.05, 0.1) is 24.9 Å². The Kier molecular flexibility index (Phi) is 5.48. The number of amides is 1. The summed E-state index contributed by atoms with van der Waals surface area (Å²) in [6.07, 6.45) is 1.72. The van der Waals surface area contributed by atoms with Crippen molar-refractivity contribution in [2.45, 2.75) is 39.3 Å². The lowest BCUT2D eigenvalue weighted by Crippen LogP contribution is -2.40. The van der Waals surface area contributed by atoms with Gasteiger partial charge in [-0.1, -0.05) is 6.07 Å². The van der Waals surface area contributed by atoms with E-state index in [1.807, 2.05) is 26.8 Å². The molecule has 28 heavy (non-hydrogen) atoms. The van der Waals surface area contributed by atoms with Gasteiger partial charge in [0, 0.05) is 17.8 Å². The predicted molar refractivity (Wildman–Crippen MR) is 103 cm³/mol. The Hall–Kier alpha value is -3.16. The van der Waals surface area contributed by atoms with Crippen LogP contribution in [0.2, 0.25) is 0 Å². The van der Waals surface area contributed by atoms with Crippen molar-refractivity contribution in [1.29, 1.82) is 0 Å². The number of benzene rings is 1. The minimum Gasteiger partial charge on any atom is -0.465 e. The SMILES string of the molecule is COC(=O)c1cccc(Nc2ncnc3c2CCN(C(=O)OC(C)(C)C)C3)c1. The fourth-order valence-corrected chi connectivity index (χ4v) is 2.92. The van der Waals surface area contributed by atoms with Gasteiger partial charge in [-0.2, -0.15) is 0 Å². The number of ether oxygens (including phenoxy) is 2. The van der Waals surface area contributed by atoms with Crippen molar-refractivity contribution in [2.24, 2.45) is 0 Å². The molecule has 8 nitrogen and oxygen atoms in total. The molecule has 0 radical (unpaired) electrons. The van der Waals surface area contributed by atoms with E-state index in [9.17, 15) is 9.59 Å². The summed E-state index contributed by atoms with van der Waals surface area (Å²) in [4.78, 5) is 34.4. The van der Waals surface area contributed by atoms with E-state index in [2.05, 4.69) is 15.3 Å². The number of carbonyl (C=O) groups is 2. The maximum absolute atomic E-state index is 12.3. The van der Waals surface area contributed by atoms with Crippen molar-refractivity contribution in [1.82, 2.24) is 14.9 Å². The molecular weight excluding hydrogens is 360 g/mol. The van der Waals surface area contributed by atoms with Gasteiger partial charge in [0.15, 0.2) is 0 Å². The first-order valence-electron chi connectivity index (χ1n) is 9.03. The molecule has 0 bridgehead atoms. The topological polar surface area (TPSA) is 93.6 Å². The van der Waals surface area contributed by atoms with E-state index in [0.717, 1.165) is 16.9 Å². The number of nitrogens with one attached hydrogen (secondary N) is 1. The Bertz CT molecular complexity index is 892. The molecule has 0 atom stereocenters. The summed E-state index contributed by atoms with van der Waals surface area (Å²) in [7, 11) is 1.35. The number of esters is 1. The molecule has 0 saturated carbocycles. The molecule has 1 amide bonds. The van der Waals surface area contributed by atoms with Gasteiger partial charge in [-0.05, 0) is 45.4 Å². The number of fused-ring (bicyclic) bond motifs is 1. The molecule has 1 aromatic heterocycles.